The Kier molecular flexibility index (Phi) is 2.54. The molecule has 1 spiro atoms. The topological polar surface area (TPSA) is 53.7 Å². The maximum atomic E-state index is 6.51. The molecule has 0 radical (unpaired) electrons. The van der Waals surface area contributed by atoms with E-state index in [9.17, 15) is 0 Å². The quantitative estimate of drug-likeness (QED) is 0.812. The first kappa shape index (κ1) is 11.6. The fourth-order valence-corrected chi connectivity index (χ4v) is 5.11. The normalized spacial score (nSPS) is 57.7. The Morgan fingerprint density at radius 1 is 1.22 bits per heavy atom. The average molecular weight is 253 g/mol. The molecule has 0 aromatic carbocycles. The zero-order chi connectivity index (χ0) is 12.3. The summed E-state index contributed by atoms with van der Waals surface area (Å²) >= 11 is 0. The van der Waals surface area contributed by atoms with Gasteiger partial charge in [-0.2, -0.15) is 0 Å². The van der Waals surface area contributed by atoms with Gasteiger partial charge in [-0.05, 0) is 56.3 Å². The summed E-state index contributed by atoms with van der Waals surface area (Å²) in [5.74, 6) is 1.58. The van der Waals surface area contributed by atoms with E-state index in [2.05, 4.69) is 0 Å². The van der Waals surface area contributed by atoms with Crippen molar-refractivity contribution in [3.8, 4) is 0 Å². The lowest BCUT2D eigenvalue weighted by Crippen LogP contribution is -2.45. The monoisotopic (exact) mass is 253 g/mol. The SMILES string of the molecule is CCO[C@@H]1OC2C[C@@]3(C[C@H]2O1)C1CCC(C1)C3N. The van der Waals surface area contributed by atoms with Crippen LogP contribution in [0.1, 0.15) is 39.0 Å². The van der Waals surface area contributed by atoms with Gasteiger partial charge in [0.05, 0.1) is 12.2 Å². The molecule has 1 saturated heterocycles. The van der Waals surface area contributed by atoms with E-state index in [4.69, 9.17) is 19.9 Å². The van der Waals surface area contributed by atoms with E-state index in [-0.39, 0.29) is 12.2 Å². The van der Waals surface area contributed by atoms with Gasteiger partial charge in [0.1, 0.15) is 0 Å². The molecule has 102 valence electrons. The van der Waals surface area contributed by atoms with Crippen molar-refractivity contribution in [3.63, 3.8) is 0 Å². The number of hydrogen-bond acceptors (Lipinski definition) is 4. The standard InChI is InChI=1S/C14H23NO3/c1-2-16-13-17-10-6-14(7-11(10)18-13)9-4-3-8(5-9)12(14)15/h8-13H,2-7,15H2,1H3/t8?,9?,10-,11?,12?,13+,14+/m1/s1. The van der Waals surface area contributed by atoms with Crippen LogP contribution in [0.2, 0.25) is 0 Å². The Morgan fingerprint density at radius 2 is 1.94 bits per heavy atom. The molecule has 18 heavy (non-hydrogen) atoms. The minimum absolute atomic E-state index is 0.215. The van der Waals surface area contributed by atoms with E-state index in [1.165, 1.54) is 19.3 Å². The molecule has 3 saturated carbocycles. The Bertz CT molecular complexity index is 330. The van der Waals surface area contributed by atoms with Crippen LogP contribution in [0.3, 0.4) is 0 Å². The summed E-state index contributed by atoms with van der Waals surface area (Å²) in [6.07, 6.45) is 6.65. The Morgan fingerprint density at radius 3 is 2.50 bits per heavy atom. The minimum Gasteiger partial charge on any atom is -0.330 e. The molecule has 0 aromatic heterocycles. The summed E-state index contributed by atoms with van der Waals surface area (Å²) in [5, 5.41) is 0. The van der Waals surface area contributed by atoms with Crippen molar-refractivity contribution in [1.29, 1.82) is 0 Å². The van der Waals surface area contributed by atoms with Crippen LogP contribution in [0.4, 0.5) is 0 Å². The van der Waals surface area contributed by atoms with Crippen LogP contribution in [0.25, 0.3) is 0 Å². The Hall–Kier alpha value is -0.160. The molecule has 4 rings (SSSR count). The van der Waals surface area contributed by atoms with Crippen LogP contribution < -0.4 is 5.73 Å². The maximum absolute atomic E-state index is 6.51. The third kappa shape index (κ3) is 1.40. The molecule has 3 aliphatic carbocycles. The van der Waals surface area contributed by atoms with Gasteiger partial charge in [0.15, 0.2) is 0 Å². The summed E-state index contributed by atoms with van der Waals surface area (Å²) in [6.45, 7) is 2.17. The second-order valence-electron chi connectivity index (χ2n) is 6.53. The Balaban J connectivity index is 1.50. The lowest BCUT2D eigenvalue weighted by molar-refractivity contribution is -0.247. The largest absolute Gasteiger partial charge is 0.330 e. The van der Waals surface area contributed by atoms with Gasteiger partial charge in [-0.1, -0.05) is 0 Å². The molecule has 4 heteroatoms. The molecule has 4 unspecified atom stereocenters. The molecule has 2 N–H and O–H groups in total. The van der Waals surface area contributed by atoms with Gasteiger partial charge in [-0.25, -0.2) is 0 Å². The van der Waals surface area contributed by atoms with E-state index in [0.29, 0.717) is 18.1 Å². The summed E-state index contributed by atoms with van der Waals surface area (Å²) in [6, 6.07) is 0.375. The fourth-order valence-electron chi connectivity index (χ4n) is 5.11. The zero-order valence-corrected chi connectivity index (χ0v) is 11.0. The molecule has 7 atom stereocenters. The maximum Gasteiger partial charge on any atom is 0.272 e. The highest BCUT2D eigenvalue weighted by Gasteiger charge is 2.63. The van der Waals surface area contributed by atoms with Gasteiger partial charge in [0.2, 0.25) is 0 Å². The molecule has 0 amide bonds. The van der Waals surface area contributed by atoms with E-state index in [0.717, 1.165) is 24.7 Å². The van der Waals surface area contributed by atoms with Gasteiger partial charge in [0, 0.05) is 12.6 Å². The van der Waals surface area contributed by atoms with Crippen LogP contribution in [0.15, 0.2) is 0 Å². The number of ether oxygens (including phenoxy) is 3. The summed E-state index contributed by atoms with van der Waals surface area (Å²) in [7, 11) is 0. The molecule has 1 aliphatic heterocycles. The molecule has 4 aliphatic rings. The molecular weight excluding hydrogens is 230 g/mol. The van der Waals surface area contributed by atoms with Gasteiger partial charge >= 0.3 is 0 Å². The highest BCUT2D eigenvalue weighted by atomic mass is 16.9. The third-order valence-electron chi connectivity index (χ3n) is 5.91. The first-order chi connectivity index (χ1) is 8.73. The summed E-state index contributed by atoms with van der Waals surface area (Å²) in [4.78, 5) is 0. The number of hydrogen-bond donors (Lipinski definition) is 1. The molecule has 4 nitrogen and oxygen atoms in total. The number of fused-ring (bicyclic) bond motifs is 4. The van der Waals surface area contributed by atoms with Crippen LogP contribution in [0, 0.1) is 17.3 Å². The number of rotatable bonds is 2. The van der Waals surface area contributed by atoms with Crippen LogP contribution >= 0.6 is 0 Å². The smallest absolute Gasteiger partial charge is 0.272 e. The van der Waals surface area contributed by atoms with Crippen LogP contribution in [-0.4, -0.2) is 31.3 Å². The van der Waals surface area contributed by atoms with Crippen molar-refractivity contribution < 1.29 is 14.2 Å². The van der Waals surface area contributed by atoms with E-state index in [1.54, 1.807) is 0 Å². The predicted molar refractivity (Wildman–Crippen MR) is 65.6 cm³/mol. The predicted octanol–water partition coefficient (Wildman–Crippen LogP) is 1.63. The second kappa shape index (κ2) is 3.92. The van der Waals surface area contributed by atoms with Gasteiger partial charge < -0.3 is 19.9 Å². The van der Waals surface area contributed by atoms with Crippen LogP contribution in [0.5, 0.6) is 0 Å². The summed E-state index contributed by atoms with van der Waals surface area (Å²) < 4.78 is 17.1. The van der Waals surface area contributed by atoms with Gasteiger partial charge in [-0.3, -0.25) is 0 Å². The fraction of sp³-hybridized carbons (Fsp3) is 1.00. The molecule has 4 fully saturated rings. The minimum atomic E-state index is -0.433. The van der Waals surface area contributed by atoms with Crippen molar-refractivity contribution in [2.75, 3.05) is 6.61 Å². The highest BCUT2D eigenvalue weighted by molar-refractivity contribution is 5.14. The average Bonchev–Trinajstić information content (AvgIpc) is 3.02. The second-order valence-corrected chi connectivity index (χ2v) is 6.53. The van der Waals surface area contributed by atoms with Crippen molar-refractivity contribution in [2.24, 2.45) is 23.0 Å². The van der Waals surface area contributed by atoms with Gasteiger partial charge in [-0.15, -0.1) is 0 Å². The van der Waals surface area contributed by atoms with E-state index >= 15 is 0 Å². The zero-order valence-electron chi connectivity index (χ0n) is 11.0. The first-order valence-corrected chi connectivity index (χ1v) is 7.41. The molecule has 0 aromatic rings. The lowest BCUT2D eigenvalue weighted by atomic mass is 9.69. The van der Waals surface area contributed by atoms with Crippen molar-refractivity contribution in [1.82, 2.24) is 0 Å². The number of nitrogens with two attached hydrogens (primary N) is 1. The van der Waals surface area contributed by atoms with E-state index < -0.39 is 6.48 Å². The van der Waals surface area contributed by atoms with Crippen molar-refractivity contribution in [3.05, 3.63) is 0 Å². The van der Waals surface area contributed by atoms with Gasteiger partial charge in [0.25, 0.3) is 6.48 Å². The van der Waals surface area contributed by atoms with Crippen molar-refractivity contribution >= 4 is 0 Å². The van der Waals surface area contributed by atoms with Crippen LogP contribution in [-0.2, 0) is 14.2 Å². The Labute approximate surface area is 108 Å². The summed E-state index contributed by atoms with van der Waals surface area (Å²) in [5.41, 5.74) is 6.83. The molecule has 1 heterocycles. The van der Waals surface area contributed by atoms with E-state index in [1.807, 2.05) is 6.92 Å². The lowest BCUT2D eigenvalue weighted by Gasteiger charge is -2.40. The molecular formula is C14H23NO3. The third-order valence-corrected chi connectivity index (χ3v) is 5.91. The molecule has 2 bridgehead atoms. The van der Waals surface area contributed by atoms with Crippen molar-refractivity contribution in [2.45, 2.75) is 63.8 Å². The highest BCUT2D eigenvalue weighted by Crippen LogP contribution is 2.63. The first-order valence-electron chi connectivity index (χ1n) is 7.41.